The zero-order valence-corrected chi connectivity index (χ0v) is 21.3. The van der Waals surface area contributed by atoms with E-state index in [-0.39, 0.29) is 18.4 Å². The summed E-state index contributed by atoms with van der Waals surface area (Å²) in [5.41, 5.74) is 2.03. The summed E-state index contributed by atoms with van der Waals surface area (Å²) in [5.74, 6) is 0.716. The van der Waals surface area contributed by atoms with Crippen molar-refractivity contribution >= 4 is 17.2 Å². The molecule has 37 heavy (non-hydrogen) atoms. The Morgan fingerprint density at radius 2 is 1.97 bits per heavy atom. The molecule has 1 unspecified atom stereocenters. The number of ether oxygens (including phenoxy) is 3. The first-order valence-corrected chi connectivity index (χ1v) is 12.8. The average Bonchev–Trinajstić information content (AvgIpc) is 3.45. The molecule has 1 saturated heterocycles. The summed E-state index contributed by atoms with van der Waals surface area (Å²) in [5, 5.41) is 6.47. The number of fused-ring (bicyclic) bond motifs is 1. The predicted molar refractivity (Wildman–Crippen MR) is 128 cm³/mol. The van der Waals surface area contributed by atoms with Crippen LogP contribution in [0.25, 0.3) is 0 Å². The van der Waals surface area contributed by atoms with Gasteiger partial charge in [-0.2, -0.15) is 18.3 Å². The van der Waals surface area contributed by atoms with Crippen molar-refractivity contribution in [3.05, 3.63) is 62.9 Å². The number of hydrogen-bond donors (Lipinski definition) is 0. The smallest absolute Gasteiger partial charge is 0.435 e. The molecular formula is C25H27F3N4O4S. The van der Waals surface area contributed by atoms with Crippen LogP contribution >= 0.6 is 11.3 Å². The van der Waals surface area contributed by atoms with Crippen LogP contribution in [0.5, 0.6) is 5.75 Å². The van der Waals surface area contributed by atoms with Crippen molar-refractivity contribution in [3.8, 4) is 5.75 Å². The molecule has 2 aliphatic rings. The topological polar surface area (TPSA) is 78.7 Å². The van der Waals surface area contributed by atoms with Gasteiger partial charge in [0, 0.05) is 35.6 Å². The third kappa shape index (κ3) is 5.51. The molecule has 0 bridgehead atoms. The van der Waals surface area contributed by atoms with E-state index < -0.39 is 18.2 Å². The Morgan fingerprint density at radius 3 is 2.68 bits per heavy atom. The number of nitrogens with zero attached hydrogens (tertiary/aromatic N) is 4. The summed E-state index contributed by atoms with van der Waals surface area (Å²) in [6.45, 7) is 3.07. The van der Waals surface area contributed by atoms with Crippen LogP contribution in [0.3, 0.4) is 0 Å². The molecule has 5 rings (SSSR count). The van der Waals surface area contributed by atoms with E-state index in [9.17, 15) is 18.0 Å². The van der Waals surface area contributed by atoms with Crippen molar-refractivity contribution in [1.29, 1.82) is 0 Å². The van der Waals surface area contributed by atoms with Crippen LogP contribution < -0.4 is 4.74 Å². The van der Waals surface area contributed by atoms with Gasteiger partial charge in [-0.3, -0.25) is 9.48 Å². The zero-order valence-electron chi connectivity index (χ0n) is 20.5. The van der Waals surface area contributed by atoms with Crippen molar-refractivity contribution in [1.82, 2.24) is 19.7 Å². The van der Waals surface area contributed by atoms with Gasteiger partial charge in [0.25, 0.3) is 0 Å². The number of halogens is 3. The molecule has 0 N–H and O–H groups in total. The second-order valence-electron chi connectivity index (χ2n) is 9.14. The fraction of sp³-hybridized carbons (Fsp3) is 0.480. The van der Waals surface area contributed by atoms with Crippen LogP contribution in [0.4, 0.5) is 13.2 Å². The standard InChI is InChI=1S/C25H27F3N4O4S/c1-15-10-21(25(26,27)28)30-32(15)11-22(33)31-8-6-16(7-9-31)23-29-19(14-37-23)24-35-12-17-4-3-5-20(34-2)18(17)13-36-24/h3-5,10,14,16,24H,6-9,11-13H2,1-2H3. The normalized spacial score (nSPS) is 18.9. The summed E-state index contributed by atoms with van der Waals surface area (Å²) in [4.78, 5) is 19.2. The number of alkyl halides is 3. The lowest BCUT2D eigenvalue weighted by Gasteiger charge is -2.31. The van der Waals surface area contributed by atoms with Gasteiger partial charge in [-0.25, -0.2) is 4.98 Å². The fourth-order valence-electron chi connectivity index (χ4n) is 4.65. The van der Waals surface area contributed by atoms with Crippen molar-refractivity contribution < 1.29 is 32.2 Å². The van der Waals surface area contributed by atoms with Crippen LogP contribution in [0, 0.1) is 6.92 Å². The molecule has 2 aliphatic heterocycles. The number of aryl methyl sites for hydroxylation is 1. The second-order valence-corrected chi connectivity index (χ2v) is 10.0. The zero-order chi connectivity index (χ0) is 26.2. The number of rotatable bonds is 5. The van der Waals surface area contributed by atoms with Gasteiger partial charge in [0.15, 0.2) is 5.69 Å². The minimum atomic E-state index is -4.53. The van der Waals surface area contributed by atoms with Crippen LogP contribution in [0.15, 0.2) is 29.6 Å². The third-order valence-corrected chi connectivity index (χ3v) is 7.78. The lowest BCUT2D eigenvalue weighted by Crippen LogP contribution is -2.40. The first-order valence-electron chi connectivity index (χ1n) is 12.0. The number of carbonyl (C=O) groups excluding carboxylic acids is 1. The lowest BCUT2D eigenvalue weighted by atomic mass is 9.97. The van der Waals surface area contributed by atoms with E-state index in [1.807, 2.05) is 23.6 Å². The van der Waals surface area contributed by atoms with Crippen LogP contribution in [-0.4, -0.2) is 45.8 Å². The Hall–Kier alpha value is -2.96. The van der Waals surface area contributed by atoms with E-state index >= 15 is 0 Å². The van der Waals surface area contributed by atoms with E-state index in [1.54, 1.807) is 23.3 Å². The summed E-state index contributed by atoms with van der Waals surface area (Å²) in [6, 6.07) is 6.77. The van der Waals surface area contributed by atoms with Crippen molar-refractivity contribution in [2.24, 2.45) is 0 Å². The maximum Gasteiger partial charge on any atom is 0.435 e. The van der Waals surface area contributed by atoms with Gasteiger partial charge >= 0.3 is 6.18 Å². The monoisotopic (exact) mass is 536 g/mol. The molecule has 8 nitrogen and oxygen atoms in total. The molecule has 3 aromatic rings. The number of carbonyl (C=O) groups is 1. The minimum absolute atomic E-state index is 0.189. The van der Waals surface area contributed by atoms with Gasteiger partial charge < -0.3 is 19.1 Å². The van der Waals surface area contributed by atoms with Crippen molar-refractivity contribution in [2.45, 2.75) is 57.9 Å². The Balaban J connectivity index is 1.16. The summed E-state index contributed by atoms with van der Waals surface area (Å²) in [7, 11) is 1.63. The summed E-state index contributed by atoms with van der Waals surface area (Å²) < 4.78 is 57.3. The summed E-state index contributed by atoms with van der Waals surface area (Å²) >= 11 is 1.55. The molecular weight excluding hydrogens is 509 g/mol. The Labute approximate surface area is 216 Å². The number of amides is 1. The van der Waals surface area contributed by atoms with Gasteiger partial charge in [0.1, 0.15) is 18.0 Å². The van der Waals surface area contributed by atoms with Gasteiger partial charge in [0.05, 0.1) is 25.3 Å². The predicted octanol–water partition coefficient (Wildman–Crippen LogP) is 4.83. The first-order chi connectivity index (χ1) is 17.7. The average molecular weight is 537 g/mol. The fourth-order valence-corrected chi connectivity index (χ4v) is 5.65. The number of likely N-dealkylation sites (tertiary alicyclic amines) is 1. The molecule has 2 aromatic heterocycles. The minimum Gasteiger partial charge on any atom is -0.496 e. The maximum atomic E-state index is 12.9. The number of piperidine rings is 1. The van der Waals surface area contributed by atoms with E-state index in [0.29, 0.717) is 32.0 Å². The van der Waals surface area contributed by atoms with Crippen LogP contribution in [0.1, 0.15) is 58.3 Å². The lowest BCUT2D eigenvalue weighted by molar-refractivity contribution is -0.155. The third-order valence-electron chi connectivity index (χ3n) is 6.75. The highest BCUT2D eigenvalue weighted by Gasteiger charge is 2.35. The van der Waals surface area contributed by atoms with E-state index in [2.05, 4.69) is 5.10 Å². The molecule has 0 radical (unpaired) electrons. The molecule has 1 atom stereocenters. The molecule has 0 aliphatic carbocycles. The highest BCUT2D eigenvalue weighted by molar-refractivity contribution is 7.09. The number of benzene rings is 1. The largest absolute Gasteiger partial charge is 0.496 e. The van der Waals surface area contributed by atoms with Crippen LogP contribution in [0.2, 0.25) is 0 Å². The van der Waals surface area contributed by atoms with Crippen molar-refractivity contribution in [3.63, 3.8) is 0 Å². The maximum absolute atomic E-state index is 12.9. The number of aromatic nitrogens is 3. The Morgan fingerprint density at radius 1 is 1.22 bits per heavy atom. The molecule has 1 amide bonds. The molecule has 0 spiro atoms. The van der Waals surface area contributed by atoms with Gasteiger partial charge in [-0.05, 0) is 37.5 Å². The number of hydrogen-bond acceptors (Lipinski definition) is 7. The van der Waals surface area contributed by atoms with Gasteiger partial charge in [0.2, 0.25) is 12.2 Å². The summed E-state index contributed by atoms with van der Waals surface area (Å²) in [6.07, 6.45) is -3.67. The second kappa shape index (κ2) is 10.4. The van der Waals surface area contributed by atoms with Gasteiger partial charge in [-0.1, -0.05) is 12.1 Å². The quantitative estimate of drug-likeness (QED) is 0.465. The molecule has 12 heteroatoms. The Bertz CT molecular complexity index is 1270. The molecule has 1 aromatic carbocycles. The highest BCUT2D eigenvalue weighted by atomic mass is 32.1. The molecule has 0 saturated carbocycles. The van der Waals surface area contributed by atoms with E-state index in [4.69, 9.17) is 19.2 Å². The van der Waals surface area contributed by atoms with E-state index in [1.165, 1.54) is 6.92 Å². The number of thiazole rings is 1. The highest BCUT2D eigenvalue weighted by Crippen LogP contribution is 2.36. The van der Waals surface area contributed by atoms with E-state index in [0.717, 1.165) is 51.2 Å². The SMILES string of the molecule is COc1cccc2c1COC(c1csc(C3CCN(C(=O)Cn4nc(C(F)(F)F)cc4C)CC3)n1)OC2. The number of methoxy groups -OCH3 is 1. The molecule has 4 heterocycles. The molecule has 1 fully saturated rings. The molecule has 198 valence electrons. The van der Waals surface area contributed by atoms with Crippen molar-refractivity contribution in [2.75, 3.05) is 20.2 Å². The Kier molecular flexibility index (Phi) is 7.24. The first kappa shape index (κ1) is 25.7. The van der Waals surface area contributed by atoms with Crippen LogP contribution in [-0.2, 0) is 40.2 Å². The van der Waals surface area contributed by atoms with Gasteiger partial charge in [-0.15, -0.1) is 11.3 Å².